The molecule has 1 N–H and O–H groups in total. The van der Waals surface area contributed by atoms with Crippen LogP contribution in [0, 0.1) is 6.92 Å². The number of benzene rings is 2. The van der Waals surface area contributed by atoms with Crippen LogP contribution >= 0.6 is 0 Å². The van der Waals surface area contributed by atoms with Crippen LogP contribution < -0.4 is 10.1 Å². The Kier molecular flexibility index (Phi) is 5.24. The van der Waals surface area contributed by atoms with Crippen LogP contribution in [0.5, 0.6) is 5.75 Å². The summed E-state index contributed by atoms with van der Waals surface area (Å²) >= 11 is 0. The zero-order valence-corrected chi connectivity index (χ0v) is 16.0. The average molecular weight is 389 g/mol. The molecule has 1 aliphatic heterocycles. The molecule has 0 spiro atoms. The van der Waals surface area contributed by atoms with E-state index in [1.54, 1.807) is 19.1 Å². The minimum Gasteiger partial charge on any atom is -0.483 e. The van der Waals surface area contributed by atoms with E-state index < -0.39 is 23.2 Å². The number of carbonyl (C=O) groups is 1. The monoisotopic (exact) mass is 389 g/mol. The highest BCUT2D eigenvalue weighted by atomic mass is 19.4. The Morgan fingerprint density at radius 3 is 2.61 bits per heavy atom. The maximum absolute atomic E-state index is 13.2. The highest BCUT2D eigenvalue weighted by Gasteiger charge is 2.35. The second-order valence-electron chi connectivity index (χ2n) is 7.20. The first kappa shape index (κ1) is 20.0. The topological polar surface area (TPSA) is 38.3 Å². The van der Waals surface area contributed by atoms with Gasteiger partial charge >= 0.3 is 6.18 Å². The van der Waals surface area contributed by atoms with E-state index in [1.807, 2.05) is 19.1 Å². The first-order chi connectivity index (χ1) is 13.1. The van der Waals surface area contributed by atoms with Gasteiger partial charge in [0.1, 0.15) is 11.4 Å². The number of rotatable bonds is 4. The third kappa shape index (κ3) is 4.06. The van der Waals surface area contributed by atoms with Crippen molar-refractivity contribution in [2.75, 3.05) is 5.32 Å². The minimum atomic E-state index is -4.60. The van der Waals surface area contributed by atoms with Crippen molar-refractivity contribution >= 4 is 17.7 Å². The number of carbonyl (C=O) groups excluding carboxylic acids is 1. The molecule has 0 fully saturated rings. The van der Waals surface area contributed by atoms with Crippen LogP contribution in [0.3, 0.4) is 0 Å². The fourth-order valence-corrected chi connectivity index (χ4v) is 3.35. The SMILES string of the molecule is CCCC1(C)C=Cc2cc(NC(=O)c3ccccc3C(F)(F)F)c(C)cc2O1. The number of alkyl halides is 3. The molecule has 28 heavy (non-hydrogen) atoms. The molecule has 3 rings (SSSR count). The normalized spacial score (nSPS) is 18.4. The number of fused-ring (bicyclic) bond motifs is 1. The van der Waals surface area contributed by atoms with E-state index >= 15 is 0 Å². The number of nitrogens with one attached hydrogen (secondary N) is 1. The van der Waals surface area contributed by atoms with Gasteiger partial charge in [0.25, 0.3) is 5.91 Å². The molecule has 148 valence electrons. The zero-order valence-electron chi connectivity index (χ0n) is 16.0. The summed E-state index contributed by atoms with van der Waals surface area (Å²) in [7, 11) is 0. The maximum atomic E-state index is 13.2. The molecule has 1 atom stereocenters. The number of hydrogen-bond acceptors (Lipinski definition) is 2. The Balaban J connectivity index is 1.89. The Bertz CT molecular complexity index is 934. The van der Waals surface area contributed by atoms with Gasteiger partial charge in [0.2, 0.25) is 0 Å². The van der Waals surface area contributed by atoms with Gasteiger partial charge in [-0.05, 0) is 56.2 Å². The van der Waals surface area contributed by atoms with Crippen molar-refractivity contribution in [3.05, 3.63) is 64.7 Å². The zero-order chi connectivity index (χ0) is 20.5. The fraction of sp³-hybridized carbons (Fsp3) is 0.318. The van der Waals surface area contributed by atoms with Crippen LogP contribution in [-0.4, -0.2) is 11.5 Å². The van der Waals surface area contributed by atoms with Crippen LogP contribution in [0.15, 0.2) is 42.5 Å². The predicted octanol–water partition coefficient (Wildman–Crippen LogP) is 6.23. The molecule has 1 amide bonds. The van der Waals surface area contributed by atoms with Gasteiger partial charge < -0.3 is 10.1 Å². The molecule has 1 unspecified atom stereocenters. The first-order valence-corrected chi connectivity index (χ1v) is 9.13. The molecule has 2 aromatic rings. The lowest BCUT2D eigenvalue weighted by Gasteiger charge is -2.32. The van der Waals surface area contributed by atoms with E-state index in [4.69, 9.17) is 4.74 Å². The molecule has 0 radical (unpaired) electrons. The Hall–Kier alpha value is -2.76. The highest BCUT2D eigenvalue weighted by Crippen LogP contribution is 2.37. The van der Waals surface area contributed by atoms with Crippen molar-refractivity contribution in [1.82, 2.24) is 0 Å². The van der Waals surface area contributed by atoms with Gasteiger partial charge in [-0.1, -0.05) is 31.6 Å². The third-order valence-corrected chi connectivity index (χ3v) is 4.79. The van der Waals surface area contributed by atoms with Crippen LogP contribution in [0.1, 0.15) is 53.7 Å². The lowest BCUT2D eigenvalue weighted by Crippen LogP contribution is -2.31. The summed E-state index contributed by atoms with van der Waals surface area (Å²) in [6.45, 7) is 5.88. The molecule has 0 aliphatic carbocycles. The number of hydrogen-bond donors (Lipinski definition) is 1. The summed E-state index contributed by atoms with van der Waals surface area (Å²) < 4.78 is 45.6. The number of amides is 1. The summed E-state index contributed by atoms with van der Waals surface area (Å²) in [5.41, 5.74) is 0.193. The van der Waals surface area contributed by atoms with Gasteiger partial charge in [0.05, 0.1) is 11.1 Å². The Morgan fingerprint density at radius 2 is 1.93 bits per heavy atom. The molecule has 0 saturated carbocycles. The third-order valence-electron chi connectivity index (χ3n) is 4.79. The van der Waals surface area contributed by atoms with Gasteiger partial charge in [0.15, 0.2) is 0 Å². The maximum Gasteiger partial charge on any atom is 0.417 e. The molecule has 2 aromatic carbocycles. The van der Waals surface area contributed by atoms with Crippen LogP contribution in [0.2, 0.25) is 0 Å². The number of anilines is 1. The second-order valence-corrected chi connectivity index (χ2v) is 7.20. The van der Waals surface area contributed by atoms with Gasteiger partial charge in [0, 0.05) is 11.3 Å². The molecule has 3 nitrogen and oxygen atoms in total. The predicted molar refractivity (Wildman–Crippen MR) is 104 cm³/mol. The van der Waals surface area contributed by atoms with Gasteiger partial charge in [-0.2, -0.15) is 13.2 Å². The van der Waals surface area contributed by atoms with E-state index in [2.05, 4.69) is 12.2 Å². The standard InChI is InChI=1S/C22H22F3NO2/c1-4-10-21(3)11-9-15-13-18(14(2)12-19(15)28-21)26-20(27)16-7-5-6-8-17(16)22(23,24)25/h5-9,11-13H,4,10H2,1-3H3,(H,26,27). The number of aryl methyl sites for hydroxylation is 1. The van der Waals surface area contributed by atoms with Crippen LogP contribution in [0.25, 0.3) is 6.08 Å². The summed E-state index contributed by atoms with van der Waals surface area (Å²) in [5.74, 6) is -0.0999. The Labute approximate surface area is 162 Å². The quantitative estimate of drug-likeness (QED) is 0.673. The number of ether oxygens (including phenoxy) is 1. The average Bonchev–Trinajstić information content (AvgIpc) is 2.62. The molecule has 6 heteroatoms. The second kappa shape index (κ2) is 7.34. The highest BCUT2D eigenvalue weighted by molar-refractivity contribution is 6.06. The summed E-state index contributed by atoms with van der Waals surface area (Å²) in [6.07, 6.45) is 1.14. The smallest absolute Gasteiger partial charge is 0.417 e. The van der Waals surface area contributed by atoms with E-state index in [1.165, 1.54) is 18.2 Å². The fourth-order valence-electron chi connectivity index (χ4n) is 3.35. The van der Waals surface area contributed by atoms with Crippen molar-refractivity contribution in [2.45, 2.75) is 45.4 Å². The molecule has 0 saturated heterocycles. The van der Waals surface area contributed by atoms with Crippen molar-refractivity contribution in [3.63, 3.8) is 0 Å². The van der Waals surface area contributed by atoms with Crippen molar-refractivity contribution < 1.29 is 22.7 Å². The van der Waals surface area contributed by atoms with Gasteiger partial charge in [-0.3, -0.25) is 4.79 Å². The van der Waals surface area contributed by atoms with Crippen molar-refractivity contribution in [1.29, 1.82) is 0 Å². The molecular formula is C22H22F3NO2. The van der Waals surface area contributed by atoms with Crippen molar-refractivity contribution in [3.8, 4) is 5.75 Å². The van der Waals surface area contributed by atoms with E-state index in [0.29, 0.717) is 17.0 Å². The summed E-state index contributed by atoms with van der Waals surface area (Å²) in [4.78, 5) is 12.5. The first-order valence-electron chi connectivity index (χ1n) is 9.13. The molecule has 0 bridgehead atoms. The van der Waals surface area contributed by atoms with Crippen molar-refractivity contribution in [2.24, 2.45) is 0 Å². The summed E-state index contributed by atoms with van der Waals surface area (Å²) in [6, 6.07) is 8.28. The summed E-state index contributed by atoms with van der Waals surface area (Å²) in [5, 5.41) is 2.61. The van der Waals surface area contributed by atoms with E-state index in [9.17, 15) is 18.0 Å². The minimum absolute atomic E-state index is 0.384. The lowest BCUT2D eigenvalue weighted by molar-refractivity contribution is -0.137. The molecular weight excluding hydrogens is 367 g/mol. The molecule has 0 aromatic heterocycles. The van der Waals surface area contributed by atoms with E-state index in [-0.39, 0.29) is 5.60 Å². The van der Waals surface area contributed by atoms with Gasteiger partial charge in [-0.15, -0.1) is 0 Å². The lowest BCUT2D eigenvalue weighted by atomic mass is 9.94. The van der Waals surface area contributed by atoms with Crippen LogP contribution in [-0.2, 0) is 6.18 Å². The molecule has 1 aliphatic rings. The number of halogens is 3. The molecule has 1 heterocycles. The largest absolute Gasteiger partial charge is 0.483 e. The van der Waals surface area contributed by atoms with Gasteiger partial charge in [-0.25, -0.2) is 0 Å². The Morgan fingerprint density at radius 1 is 1.21 bits per heavy atom. The van der Waals surface area contributed by atoms with E-state index in [0.717, 1.165) is 24.5 Å². The van der Waals surface area contributed by atoms with Crippen LogP contribution in [0.4, 0.5) is 18.9 Å².